The van der Waals surface area contributed by atoms with Crippen LogP contribution in [-0.4, -0.2) is 132 Å². The smallest absolute Gasteiger partial charge is 0.262 e. The van der Waals surface area contributed by atoms with Gasteiger partial charge in [0.2, 0.25) is 11.8 Å². The molecule has 19 nitrogen and oxygen atoms in total. The van der Waals surface area contributed by atoms with Gasteiger partial charge in [-0.1, -0.05) is 0 Å². The number of amides is 4. The molecule has 0 bridgehead atoms. The van der Waals surface area contributed by atoms with E-state index in [1.807, 2.05) is 35.7 Å². The Kier molecular flexibility index (Phi) is 10.7. The first-order valence-corrected chi connectivity index (χ1v) is 23.7. The molecule has 4 amide bonds. The second-order valence-electron chi connectivity index (χ2n) is 18.2. The fourth-order valence-corrected chi connectivity index (χ4v) is 11.4. The number of anilines is 4. The normalized spacial score (nSPS) is 22.4. The molecule has 3 atom stereocenters. The number of fused-ring (bicyclic) bond motifs is 2. The van der Waals surface area contributed by atoms with Crippen LogP contribution in [0.2, 0.25) is 0 Å². The van der Waals surface area contributed by atoms with Crippen LogP contribution in [-0.2, 0) is 19.6 Å². The minimum absolute atomic E-state index is 0.00595. The Labute approximate surface area is 374 Å². The van der Waals surface area contributed by atoms with E-state index in [4.69, 9.17) is 10.1 Å². The van der Waals surface area contributed by atoms with Crippen LogP contribution < -0.4 is 20.4 Å². The van der Waals surface area contributed by atoms with E-state index in [0.29, 0.717) is 54.9 Å². The van der Waals surface area contributed by atoms with Crippen LogP contribution in [0.3, 0.4) is 0 Å². The topological polar surface area (TPSA) is 214 Å². The van der Waals surface area contributed by atoms with Gasteiger partial charge >= 0.3 is 0 Å². The third-order valence-corrected chi connectivity index (χ3v) is 15.2. The average Bonchev–Trinajstić information content (AvgIpc) is 3.82. The number of imide groups is 2. The fourth-order valence-electron chi connectivity index (χ4n) is 9.91. The minimum atomic E-state index is -3.51. The minimum Gasteiger partial charge on any atom is -0.361 e. The molecule has 340 valence electrons. The Morgan fingerprint density at radius 1 is 0.908 bits per heavy atom. The second kappa shape index (κ2) is 16.3. The molecule has 21 heteroatoms. The maximum Gasteiger partial charge on any atom is 0.262 e. The molecule has 3 unspecified atom stereocenters. The van der Waals surface area contributed by atoms with Crippen molar-refractivity contribution < 1.29 is 32.0 Å². The molecule has 4 aromatic heterocycles. The zero-order valence-corrected chi connectivity index (χ0v) is 37.3. The van der Waals surface area contributed by atoms with Crippen LogP contribution in [0.4, 0.5) is 27.5 Å². The number of carbonyl (C=O) groups excluding carboxylic acids is 4. The summed E-state index contributed by atoms with van der Waals surface area (Å²) in [6, 6.07) is 5.02. The van der Waals surface area contributed by atoms with Crippen LogP contribution in [0.1, 0.15) is 93.0 Å². The van der Waals surface area contributed by atoms with Crippen LogP contribution in [0.15, 0.2) is 49.1 Å². The molecule has 4 aliphatic heterocycles. The van der Waals surface area contributed by atoms with Gasteiger partial charge in [0.15, 0.2) is 11.6 Å². The summed E-state index contributed by atoms with van der Waals surface area (Å²) in [5, 5.41) is 15.2. The fraction of sp³-hybridized carbons (Fsp3) is 0.477. The number of hydrogen-bond donors (Lipinski definition) is 2. The molecule has 8 heterocycles. The maximum absolute atomic E-state index is 15.9. The lowest BCUT2D eigenvalue weighted by Crippen LogP contribution is -2.58. The van der Waals surface area contributed by atoms with Crippen molar-refractivity contribution in [3.8, 4) is 11.4 Å². The van der Waals surface area contributed by atoms with Gasteiger partial charge in [-0.05, 0) is 83.9 Å². The highest BCUT2D eigenvalue weighted by atomic mass is 32.2. The van der Waals surface area contributed by atoms with Gasteiger partial charge in [-0.15, -0.1) is 0 Å². The maximum atomic E-state index is 15.9. The molecular weight excluding hydrogens is 858 g/mol. The van der Waals surface area contributed by atoms with Crippen molar-refractivity contribution in [2.24, 2.45) is 5.92 Å². The number of aromatic nitrogens is 7. The first-order chi connectivity index (χ1) is 31.1. The molecule has 1 saturated carbocycles. The standard InChI is InChI=1S/C44H50FN13O6S/c1-24(2)58-35-17-38(49-37-9-12-46-40(50-37)28-18-48-55(23-28)65(63,64)29-5-6-29)47-19-32(35)41(52-58)54-13-10-27(11-14-54)22-53-20-25(3)56(26(4)21-53)36-16-31-30(15-33(36)45)43(61)57(44(31)62)34-7-8-39(59)51-42(34)60/h9,12,15-19,23-27,29,34H,5-8,10-11,13-14,20-22H2,1-4H3,(H,51,59,60)(H,46,47,49,50). The van der Waals surface area contributed by atoms with Crippen LogP contribution >= 0.6 is 0 Å². The highest BCUT2D eigenvalue weighted by Crippen LogP contribution is 2.37. The Hall–Kier alpha value is -6.35. The first-order valence-electron chi connectivity index (χ1n) is 22.2. The van der Waals surface area contributed by atoms with Gasteiger partial charge in [0.05, 0.1) is 50.9 Å². The summed E-state index contributed by atoms with van der Waals surface area (Å²) in [5.41, 5.74) is 1.66. The number of nitrogens with zero attached hydrogens (tertiary/aromatic N) is 11. The predicted molar refractivity (Wildman–Crippen MR) is 238 cm³/mol. The number of benzene rings is 1. The van der Waals surface area contributed by atoms with E-state index < -0.39 is 45.5 Å². The lowest BCUT2D eigenvalue weighted by atomic mass is 9.94. The summed E-state index contributed by atoms with van der Waals surface area (Å²) in [4.78, 5) is 72.4. The van der Waals surface area contributed by atoms with E-state index in [1.165, 1.54) is 18.5 Å². The molecule has 1 aromatic carbocycles. The molecule has 0 radical (unpaired) electrons. The Morgan fingerprint density at radius 2 is 1.63 bits per heavy atom. The number of hydrogen-bond acceptors (Lipinski definition) is 15. The molecule has 5 aliphatic rings. The van der Waals surface area contributed by atoms with Crippen molar-refractivity contribution in [1.82, 2.24) is 49.0 Å². The molecule has 0 spiro atoms. The largest absolute Gasteiger partial charge is 0.361 e. The summed E-state index contributed by atoms with van der Waals surface area (Å²) in [5.74, 6) is -0.418. The summed E-state index contributed by atoms with van der Waals surface area (Å²) in [6.07, 6.45) is 9.60. The third-order valence-electron chi connectivity index (χ3n) is 13.2. The molecule has 1 aliphatic carbocycles. The number of pyridine rings is 1. The Morgan fingerprint density at radius 3 is 2.32 bits per heavy atom. The highest BCUT2D eigenvalue weighted by molar-refractivity contribution is 7.90. The molecule has 3 saturated heterocycles. The number of nitrogens with one attached hydrogen (secondary N) is 2. The molecule has 65 heavy (non-hydrogen) atoms. The van der Waals surface area contributed by atoms with Crippen molar-refractivity contribution in [3.05, 3.63) is 66.0 Å². The average molecular weight is 908 g/mol. The summed E-state index contributed by atoms with van der Waals surface area (Å²) < 4.78 is 44.2. The second-order valence-corrected chi connectivity index (χ2v) is 20.3. The van der Waals surface area contributed by atoms with E-state index in [2.05, 4.69) is 49.3 Å². The van der Waals surface area contributed by atoms with Gasteiger partial charge in [0.25, 0.3) is 21.8 Å². The molecule has 4 fully saturated rings. The monoisotopic (exact) mass is 907 g/mol. The summed E-state index contributed by atoms with van der Waals surface area (Å²) >= 11 is 0. The highest BCUT2D eigenvalue weighted by Gasteiger charge is 2.46. The van der Waals surface area contributed by atoms with E-state index in [1.54, 1.807) is 12.3 Å². The quantitative estimate of drug-likeness (QED) is 0.179. The van der Waals surface area contributed by atoms with Gasteiger partial charge in [0, 0.05) is 75.7 Å². The summed E-state index contributed by atoms with van der Waals surface area (Å²) in [6.45, 7) is 12.2. The zero-order valence-electron chi connectivity index (χ0n) is 36.5. The van der Waals surface area contributed by atoms with E-state index >= 15 is 4.39 Å². The van der Waals surface area contributed by atoms with Crippen LogP contribution in [0.5, 0.6) is 0 Å². The SMILES string of the molecule is CC1CN(CC2CCN(c3nn(C(C)C)c4cc(Nc5ccnc(-c6cnn(S(=O)(=O)C7CC7)c6)n5)ncc34)CC2)CC(C)N1c1cc2c(cc1F)C(=O)N(C1CCC(=O)NC1=O)C2=O. The van der Waals surface area contributed by atoms with Gasteiger partial charge in [-0.3, -0.25) is 39.0 Å². The number of piperazine rings is 1. The predicted octanol–water partition coefficient (Wildman–Crippen LogP) is 4.11. The lowest BCUT2D eigenvalue weighted by Gasteiger charge is -2.47. The van der Waals surface area contributed by atoms with Crippen molar-refractivity contribution in [1.29, 1.82) is 0 Å². The number of halogens is 1. The van der Waals surface area contributed by atoms with Gasteiger partial charge in [0.1, 0.15) is 23.5 Å². The third kappa shape index (κ3) is 7.76. The number of carbonyl (C=O) groups is 4. The Bertz CT molecular complexity index is 2860. The van der Waals surface area contributed by atoms with Crippen LogP contribution in [0, 0.1) is 11.7 Å². The van der Waals surface area contributed by atoms with E-state index in [0.717, 1.165) is 64.3 Å². The Balaban J connectivity index is 0.777. The summed E-state index contributed by atoms with van der Waals surface area (Å²) in [7, 11) is -3.51. The molecule has 5 aromatic rings. The lowest BCUT2D eigenvalue weighted by molar-refractivity contribution is -0.136. The first kappa shape index (κ1) is 42.6. The molecule has 10 rings (SSSR count). The van der Waals surface area contributed by atoms with Gasteiger partial charge in [-0.2, -0.15) is 14.3 Å². The van der Waals surface area contributed by atoms with E-state index in [-0.39, 0.29) is 53.0 Å². The van der Waals surface area contributed by atoms with Crippen molar-refractivity contribution >= 4 is 67.7 Å². The van der Waals surface area contributed by atoms with Crippen LogP contribution in [0.25, 0.3) is 22.3 Å². The van der Waals surface area contributed by atoms with Crippen molar-refractivity contribution in [2.75, 3.05) is 47.8 Å². The zero-order chi connectivity index (χ0) is 45.5. The number of piperidine rings is 2. The van der Waals surface area contributed by atoms with Gasteiger partial charge in [-0.25, -0.2) is 27.8 Å². The van der Waals surface area contributed by atoms with E-state index in [9.17, 15) is 27.6 Å². The van der Waals surface area contributed by atoms with Crippen molar-refractivity contribution in [3.63, 3.8) is 0 Å². The van der Waals surface area contributed by atoms with Gasteiger partial charge < -0.3 is 15.1 Å². The molecule has 2 N–H and O–H groups in total. The molecular formula is C44H50FN13O6S. The van der Waals surface area contributed by atoms with Crippen molar-refractivity contribution in [2.45, 2.75) is 95.6 Å². The number of rotatable bonds is 11.